The molecule has 0 atom stereocenters. The van der Waals surface area contributed by atoms with Crippen LogP contribution in [0.15, 0.2) is 48.7 Å². The van der Waals surface area contributed by atoms with E-state index in [0.717, 1.165) is 33.1 Å². The Labute approximate surface area is 145 Å². The molecule has 5 heteroatoms. The number of nitrogens with one attached hydrogen (secondary N) is 1. The summed E-state index contributed by atoms with van der Waals surface area (Å²) in [4.78, 5) is 21.7. The second kappa shape index (κ2) is 7.36. The van der Waals surface area contributed by atoms with Gasteiger partial charge in [0.2, 0.25) is 5.91 Å². The van der Waals surface area contributed by atoms with Gasteiger partial charge in [-0.1, -0.05) is 44.2 Å². The zero-order chi connectivity index (χ0) is 16.9. The maximum atomic E-state index is 11.6. The van der Waals surface area contributed by atoms with Gasteiger partial charge in [-0.15, -0.1) is 11.3 Å². The van der Waals surface area contributed by atoms with Gasteiger partial charge in [0.25, 0.3) is 0 Å². The second-order valence-electron chi connectivity index (χ2n) is 5.34. The molecule has 0 spiro atoms. The number of benzene rings is 1. The van der Waals surface area contributed by atoms with Crippen molar-refractivity contribution in [3.05, 3.63) is 53.7 Å². The number of aromatic nitrogens is 2. The Kier molecular flexibility index (Phi) is 5.01. The van der Waals surface area contributed by atoms with Crippen molar-refractivity contribution in [1.82, 2.24) is 9.97 Å². The Morgan fingerprint density at radius 1 is 1.12 bits per heavy atom. The van der Waals surface area contributed by atoms with Gasteiger partial charge in [0.15, 0.2) is 0 Å². The van der Waals surface area contributed by atoms with Crippen LogP contribution in [-0.4, -0.2) is 15.9 Å². The van der Waals surface area contributed by atoms with Crippen molar-refractivity contribution in [3.63, 3.8) is 0 Å². The van der Waals surface area contributed by atoms with Crippen molar-refractivity contribution in [2.24, 2.45) is 0 Å². The van der Waals surface area contributed by atoms with Crippen molar-refractivity contribution in [2.45, 2.75) is 26.7 Å². The number of thiazole rings is 1. The van der Waals surface area contributed by atoms with E-state index < -0.39 is 0 Å². The van der Waals surface area contributed by atoms with Gasteiger partial charge >= 0.3 is 0 Å². The van der Waals surface area contributed by atoms with Crippen LogP contribution in [0.5, 0.6) is 0 Å². The molecule has 0 fully saturated rings. The van der Waals surface area contributed by atoms with Crippen LogP contribution in [0.1, 0.15) is 25.3 Å². The molecule has 0 bridgehead atoms. The molecule has 0 saturated heterocycles. The number of carbonyl (C=O) groups excluding carboxylic acids is 1. The van der Waals surface area contributed by atoms with E-state index in [-0.39, 0.29) is 5.91 Å². The summed E-state index contributed by atoms with van der Waals surface area (Å²) in [5.41, 5.74) is 3.10. The summed E-state index contributed by atoms with van der Waals surface area (Å²) in [5.74, 6) is 0.534. The molecule has 1 aromatic carbocycles. The summed E-state index contributed by atoms with van der Waals surface area (Å²) in [7, 11) is 0. The minimum Gasteiger partial charge on any atom is -0.311 e. The average molecular weight is 337 g/mol. The van der Waals surface area contributed by atoms with Crippen molar-refractivity contribution < 1.29 is 4.79 Å². The van der Waals surface area contributed by atoms with Crippen LogP contribution in [-0.2, 0) is 11.2 Å². The third kappa shape index (κ3) is 3.51. The molecular weight excluding hydrogens is 318 g/mol. The number of rotatable bonds is 5. The number of hydrogen-bond acceptors (Lipinski definition) is 4. The first-order valence-electron chi connectivity index (χ1n) is 8.02. The Morgan fingerprint density at radius 2 is 1.92 bits per heavy atom. The van der Waals surface area contributed by atoms with Crippen LogP contribution in [0.2, 0.25) is 0 Å². The normalized spacial score (nSPS) is 10.6. The quantitative estimate of drug-likeness (QED) is 0.729. The third-order valence-electron chi connectivity index (χ3n) is 3.63. The molecule has 0 saturated carbocycles. The summed E-state index contributed by atoms with van der Waals surface area (Å²) in [6.07, 6.45) is 3.05. The topological polar surface area (TPSA) is 54.9 Å². The number of hydrogen-bond donors (Lipinski definition) is 1. The number of aryl methyl sites for hydroxylation is 1. The van der Waals surface area contributed by atoms with Crippen molar-refractivity contribution >= 4 is 23.1 Å². The first-order valence-corrected chi connectivity index (χ1v) is 8.84. The lowest BCUT2D eigenvalue weighted by atomic mass is 10.1. The SMILES string of the molecule is CCC(=O)Nc1cc(-c2sc(CC)nc2-c2ccccc2)ccn1. The summed E-state index contributed by atoms with van der Waals surface area (Å²) in [6.45, 7) is 3.93. The molecule has 4 nitrogen and oxygen atoms in total. The molecule has 0 aliphatic rings. The zero-order valence-corrected chi connectivity index (χ0v) is 14.6. The van der Waals surface area contributed by atoms with E-state index in [1.165, 1.54) is 0 Å². The van der Waals surface area contributed by atoms with Gasteiger partial charge in [-0.25, -0.2) is 9.97 Å². The number of pyridine rings is 1. The Hall–Kier alpha value is -2.53. The highest BCUT2D eigenvalue weighted by Gasteiger charge is 2.15. The predicted octanol–water partition coefficient (Wildman–Crippen LogP) is 4.78. The van der Waals surface area contributed by atoms with Gasteiger partial charge in [-0.2, -0.15) is 0 Å². The first-order chi connectivity index (χ1) is 11.7. The van der Waals surface area contributed by atoms with Crippen LogP contribution in [0.3, 0.4) is 0 Å². The number of anilines is 1. The van der Waals surface area contributed by atoms with Crippen LogP contribution < -0.4 is 5.32 Å². The molecule has 24 heavy (non-hydrogen) atoms. The minimum atomic E-state index is -0.0403. The lowest BCUT2D eigenvalue weighted by molar-refractivity contribution is -0.115. The largest absolute Gasteiger partial charge is 0.311 e. The lowest BCUT2D eigenvalue weighted by Gasteiger charge is -2.06. The summed E-state index contributed by atoms with van der Waals surface area (Å²) < 4.78 is 0. The standard InChI is InChI=1S/C19H19N3OS/c1-3-16(23)21-15-12-14(10-11-20-15)19-18(22-17(4-2)24-19)13-8-6-5-7-9-13/h5-12H,3-4H2,1-2H3,(H,20,21,23). The highest BCUT2D eigenvalue weighted by Crippen LogP contribution is 2.37. The van der Waals surface area contributed by atoms with Crippen molar-refractivity contribution in [1.29, 1.82) is 0 Å². The van der Waals surface area contributed by atoms with E-state index in [2.05, 4.69) is 29.4 Å². The first kappa shape index (κ1) is 16.3. The van der Waals surface area contributed by atoms with Crippen molar-refractivity contribution in [3.8, 4) is 21.7 Å². The molecule has 2 heterocycles. The maximum absolute atomic E-state index is 11.6. The van der Waals surface area contributed by atoms with Gasteiger partial charge in [0.05, 0.1) is 15.6 Å². The van der Waals surface area contributed by atoms with Gasteiger partial charge in [-0.3, -0.25) is 4.79 Å². The van der Waals surface area contributed by atoms with Gasteiger partial charge in [0.1, 0.15) is 5.82 Å². The van der Waals surface area contributed by atoms with Crippen LogP contribution >= 0.6 is 11.3 Å². The summed E-state index contributed by atoms with van der Waals surface area (Å²) in [5, 5.41) is 3.91. The van der Waals surface area contributed by atoms with Crippen LogP contribution in [0.4, 0.5) is 5.82 Å². The summed E-state index contributed by atoms with van der Waals surface area (Å²) >= 11 is 1.69. The molecule has 0 aliphatic heterocycles. The molecule has 0 unspecified atom stereocenters. The molecule has 0 radical (unpaired) electrons. The minimum absolute atomic E-state index is 0.0403. The maximum Gasteiger partial charge on any atom is 0.225 e. The Balaban J connectivity index is 2.04. The number of carbonyl (C=O) groups is 1. The molecule has 122 valence electrons. The smallest absolute Gasteiger partial charge is 0.225 e. The number of amides is 1. The van der Waals surface area contributed by atoms with Gasteiger partial charge < -0.3 is 5.32 Å². The van der Waals surface area contributed by atoms with E-state index in [9.17, 15) is 4.79 Å². The Morgan fingerprint density at radius 3 is 2.62 bits per heavy atom. The molecule has 1 amide bonds. The van der Waals surface area contributed by atoms with E-state index in [1.54, 1.807) is 17.5 Å². The van der Waals surface area contributed by atoms with Crippen LogP contribution in [0.25, 0.3) is 21.7 Å². The van der Waals surface area contributed by atoms with E-state index >= 15 is 0 Å². The highest BCUT2D eigenvalue weighted by molar-refractivity contribution is 7.15. The van der Waals surface area contributed by atoms with E-state index in [4.69, 9.17) is 4.98 Å². The van der Waals surface area contributed by atoms with Gasteiger partial charge in [0, 0.05) is 18.2 Å². The molecule has 3 aromatic rings. The predicted molar refractivity (Wildman–Crippen MR) is 99.1 cm³/mol. The number of nitrogens with zero attached hydrogens (tertiary/aromatic N) is 2. The molecule has 1 N–H and O–H groups in total. The fraction of sp³-hybridized carbons (Fsp3) is 0.211. The highest BCUT2D eigenvalue weighted by atomic mass is 32.1. The van der Waals surface area contributed by atoms with E-state index in [0.29, 0.717) is 12.2 Å². The average Bonchev–Trinajstić information content (AvgIpc) is 3.07. The Bertz CT molecular complexity index is 843. The monoisotopic (exact) mass is 337 g/mol. The zero-order valence-electron chi connectivity index (χ0n) is 13.7. The lowest BCUT2D eigenvalue weighted by Crippen LogP contribution is -2.10. The second-order valence-corrected chi connectivity index (χ2v) is 6.42. The van der Waals surface area contributed by atoms with Crippen molar-refractivity contribution in [2.75, 3.05) is 5.32 Å². The summed E-state index contributed by atoms with van der Waals surface area (Å²) in [6, 6.07) is 14.0. The third-order valence-corrected chi connectivity index (χ3v) is 4.88. The van der Waals surface area contributed by atoms with Gasteiger partial charge in [-0.05, 0) is 24.1 Å². The van der Waals surface area contributed by atoms with E-state index in [1.807, 2.05) is 37.3 Å². The van der Waals surface area contributed by atoms with Crippen LogP contribution in [0, 0.1) is 0 Å². The fourth-order valence-electron chi connectivity index (χ4n) is 2.37. The molecule has 3 rings (SSSR count). The molecule has 0 aliphatic carbocycles. The fourth-order valence-corrected chi connectivity index (χ4v) is 3.40. The molecular formula is C19H19N3OS. The molecule has 2 aromatic heterocycles.